The highest BCUT2D eigenvalue weighted by atomic mass is 16.6. The van der Waals surface area contributed by atoms with Gasteiger partial charge in [0.25, 0.3) is 0 Å². The summed E-state index contributed by atoms with van der Waals surface area (Å²) >= 11 is 0. The van der Waals surface area contributed by atoms with Gasteiger partial charge in [0, 0.05) is 19.3 Å². The minimum atomic E-state index is -0.764. The van der Waals surface area contributed by atoms with E-state index in [0.29, 0.717) is 19.3 Å². The molecule has 0 aromatic rings. The van der Waals surface area contributed by atoms with Crippen molar-refractivity contribution in [2.45, 2.75) is 343 Å². The van der Waals surface area contributed by atoms with E-state index in [2.05, 4.69) is 41.5 Å². The van der Waals surface area contributed by atoms with Gasteiger partial charge in [0.2, 0.25) is 0 Å². The zero-order valence-corrected chi connectivity index (χ0v) is 46.2. The summed E-state index contributed by atoms with van der Waals surface area (Å²) in [5, 5.41) is 0. The van der Waals surface area contributed by atoms with Crippen LogP contribution in [0.2, 0.25) is 0 Å². The Kier molecular flexibility index (Phi) is 51.0. The summed E-state index contributed by atoms with van der Waals surface area (Å²) < 4.78 is 16.9. The van der Waals surface area contributed by atoms with E-state index < -0.39 is 6.10 Å². The van der Waals surface area contributed by atoms with Crippen molar-refractivity contribution in [3.8, 4) is 0 Å². The zero-order valence-electron chi connectivity index (χ0n) is 46.2. The molecule has 398 valence electrons. The molecule has 0 aliphatic heterocycles. The smallest absolute Gasteiger partial charge is 0.306 e. The Bertz CT molecular complexity index is 1040. The summed E-state index contributed by atoms with van der Waals surface area (Å²) in [6.45, 7) is 13.8. The molecule has 0 aromatic heterocycles. The van der Waals surface area contributed by atoms with E-state index in [4.69, 9.17) is 14.2 Å². The second kappa shape index (κ2) is 52.2. The molecule has 0 aromatic carbocycles. The van der Waals surface area contributed by atoms with Crippen molar-refractivity contribution in [2.24, 2.45) is 17.8 Å². The summed E-state index contributed by atoms with van der Waals surface area (Å²) in [6, 6.07) is 0. The van der Waals surface area contributed by atoms with Gasteiger partial charge in [-0.25, -0.2) is 0 Å². The minimum Gasteiger partial charge on any atom is -0.462 e. The number of hydrogen-bond acceptors (Lipinski definition) is 6. The van der Waals surface area contributed by atoms with Crippen LogP contribution in [0.4, 0.5) is 0 Å². The van der Waals surface area contributed by atoms with Gasteiger partial charge in [-0.3, -0.25) is 14.4 Å². The first-order chi connectivity index (χ1) is 32.7. The average Bonchev–Trinajstić information content (AvgIpc) is 3.31. The lowest BCUT2D eigenvalue weighted by atomic mass is 9.99. The van der Waals surface area contributed by atoms with Gasteiger partial charge >= 0.3 is 17.9 Å². The Balaban J connectivity index is 4.24. The Morgan fingerprint density at radius 1 is 0.299 bits per heavy atom. The van der Waals surface area contributed by atoms with Crippen LogP contribution in [0.5, 0.6) is 0 Å². The maximum absolute atomic E-state index is 12.8. The van der Waals surface area contributed by atoms with Crippen LogP contribution in [0.1, 0.15) is 337 Å². The summed E-state index contributed by atoms with van der Waals surface area (Å²) in [4.78, 5) is 38.2. The zero-order chi connectivity index (χ0) is 49.1. The molecule has 6 heteroatoms. The van der Waals surface area contributed by atoms with Gasteiger partial charge in [-0.15, -0.1) is 0 Å². The summed E-state index contributed by atoms with van der Waals surface area (Å²) in [5.41, 5.74) is 0. The SMILES string of the molecule is CCC(C)CCCCCCCCCCCCCCCCCCCCC(=O)OC[C@H](COC(=O)CCCCCCCCCCCCC(C)CC)OC(=O)CCCCCCCCCCCCC(C)C. The number of hydrogen-bond donors (Lipinski definition) is 0. The van der Waals surface area contributed by atoms with Crippen molar-refractivity contribution in [1.82, 2.24) is 0 Å². The second-order valence-electron chi connectivity index (χ2n) is 21.9. The van der Waals surface area contributed by atoms with Crippen LogP contribution in [0.3, 0.4) is 0 Å². The van der Waals surface area contributed by atoms with E-state index in [1.165, 1.54) is 218 Å². The molecule has 0 aliphatic carbocycles. The average molecular weight is 948 g/mol. The van der Waals surface area contributed by atoms with Crippen LogP contribution in [0.15, 0.2) is 0 Å². The van der Waals surface area contributed by atoms with Gasteiger partial charge in [0.05, 0.1) is 0 Å². The molecule has 0 fully saturated rings. The lowest BCUT2D eigenvalue weighted by Crippen LogP contribution is -2.30. The molecule has 6 nitrogen and oxygen atoms in total. The Hall–Kier alpha value is -1.59. The van der Waals surface area contributed by atoms with Gasteiger partial charge in [-0.05, 0) is 37.0 Å². The number of carbonyl (C=O) groups is 3. The van der Waals surface area contributed by atoms with E-state index in [1.54, 1.807) is 0 Å². The van der Waals surface area contributed by atoms with Gasteiger partial charge in [0.15, 0.2) is 6.10 Å². The molecular weight excluding hydrogens is 829 g/mol. The van der Waals surface area contributed by atoms with E-state index in [9.17, 15) is 14.4 Å². The fourth-order valence-electron chi connectivity index (χ4n) is 9.29. The number of esters is 3. The molecule has 0 aliphatic rings. The van der Waals surface area contributed by atoms with Crippen LogP contribution in [-0.2, 0) is 28.6 Å². The van der Waals surface area contributed by atoms with Crippen molar-refractivity contribution in [3.05, 3.63) is 0 Å². The first kappa shape index (κ1) is 65.4. The number of unbranched alkanes of at least 4 members (excludes halogenated alkanes) is 35. The molecule has 0 spiro atoms. The highest BCUT2D eigenvalue weighted by molar-refractivity contribution is 5.71. The molecule has 0 bridgehead atoms. The molecule has 0 rings (SSSR count). The predicted octanol–water partition coefficient (Wildman–Crippen LogP) is 19.9. The Labute approximate surface area is 418 Å². The van der Waals surface area contributed by atoms with E-state index >= 15 is 0 Å². The molecule has 0 saturated carbocycles. The lowest BCUT2D eigenvalue weighted by molar-refractivity contribution is -0.167. The lowest BCUT2D eigenvalue weighted by Gasteiger charge is -2.18. The van der Waals surface area contributed by atoms with Crippen molar-refractivity contribution in [2.75, 3.05) is 13.2 Å². The monoisotopic (exact) mass is 947 g/mol. The van der Waals surface area contributed by atoms with E-state index in [-0.39, 0.29) is 31.1 Å². The number of carbonyl (C=O) groups excluding carboxylic acids is 3. The molecule has 3 atom stereocenters. The van der Waals surface area contributed by atoms with Crippen LogP contribution in [-0.4, -0.2) is 37.2 Å². The molecule has 0 N–H and O–H groups in total. The van der Waals surface area contributed by atoms with Crippen molar-refractivity contribution in [3.63, 3.8) is 0 Å². The minimum absolute atomic E-state index is 0.0636. The van der Waals surface area contributed by atoms with Crippen LogP contribution in [0.25, 0.3) is 0 Å². The van der Waals surface area contributed by atoms with Crippen LogP contribution < -0.4 is 0 Å². The predicted molar refractivity (Wildman–Crippen MR) is 289 cm³/mol. The standard InChI is InChI=1S/C61H118O6/c1-7-56(5)48-42-36-30-24-17-15-13-11-9-10-12-14-16-18-26-32-38-44-50-59(62)65-53-58(67-61(64)52-46-40-34-28-21-19-23-29-35-41-47-55(3)4)54-66-60(63)51-45-39-33-27-22-20-25-31-37-43-49-57(6)8-2/h55-58H,7-54H2,1-6H3/t56?,57?,58-/m1/s1. The molecule has 0 heterocycles. The molecule has 67 heavy (non-hydrogen) atoms. The number of ether oxygens (including phenoxy) is 3. The molecule has 2 unspecified atom stereocenters. The summed E-state index contributed by atoms with van der Waals surface area (Å²) in [5.74, 6) is 1.75. The van der Waals surface area contributed by atoms with Gasteiger partial charge in [0.1, 0.15) is 13.2 Å². The topological polar surface area (TPSA) is 78.9 Å². The first-order valence-electron chi connectivity index (χ1n) is 30.2. The third-order valence-electron chi connectivity index (χ3n) is 14.6. The third-order valence-corrected chi connectivity index (χ3v) is 14.6. The molecule has 0 saturated heterocycles. The normalized spacial score (nSPS) is 12.9. The fraction of sp³-hybridized carbons (Fsp3) is 0.951. The van der Waals surface area contributed by atoms with Gasteiger partial charge in [-0.2, -0.15) is 0 Å². The fourth-order valence-corrected chi connectivity index (χ4v) is 9.29. The molecule has 0 radical (unpaired) electrons. The third kappa shape index (κ3) is 52.1. The largest absolute Gasteiger partial charge is 0.462 e. The Morgan fingerprint density at radius 2 is 0.522 bits per heavy atom. The Morgan fingerprint density at radius 3 is 0.776 bits per heavy atom. The van der Waals surface area contributed by atoms with Crippen molar-refractivity contribution >= 4 is 17.9 Å². The van der Waals surface area contributed by atoms with Crippen molar-refractivity contribution < 1.29 is 28.6 Å². The van der Waals surface area contributed by atoms with E-state index in [0.717, 1.165) is 75.5 Å². The number of rotatable bonds is 54. The summed E-state index contributed by atoms with van der Waals surface area (Å²) in [6.07, 6.45) is 55.2. The molecular formula is C61H118O6. The van der Waals surface area contributed by atoms with Gasteiger partial charge in [-0.1, -0.05) is 298 Å². The maximum Gasteiger partial charge on any atom is 0.306 e. The van der Waals surface area contributed by atoms with Crippen LogP contribution >= 0.6 is 0 Å². The first-order valence-corrected chi connectivity index (χ1v) is 30.2. The highest BCUT2D eigenvalue weighted by Crippen LogP contribution is 2.19. The molecule has 0 amide bonds. The van der Waals surface area contributed by atoms with E-state index in [1.807, 2.05) is 0 Å². The summed E-state index contributed by atoms with van der Waals surface area (Å²) in [7, 11) is 0. The second-order valence-corrected chi connectivity index (χ2v) is 21.9. The quantitative estimate of drug-likeness (QED) is 0.0343. The maximum atomic E-state index is 12.8. The van der Waals surface area contributed by atoms with Crippen LogP contribution in [0, 0.1) is 17.8 Å². The van der Waals surface area contributed by atoms with Gasteiger partial charge < -0.3 is 14.2 Å². The highest BCUT2D eigenvalue weighted by Gasteiger charge is 2.19. The van der Waals surface area contributed by atoms with Crippen molar-refractivity contribution in [1.29, 1.82) is 0 Å².